The van der Waals surface area contributed by atoms with Crippen LogP contribution in [0.25, 0.3) is 0 Å². The molecule has 1 aromatic heterocycles. The van der Waals surface area contributed by atoms with Crippen molar-refractivity contribution in [2.75, 3.05) is 5.32 Å². The maximum Gasteiger partial charge on any atom is 0.257 e. The molecule has 1 aliphatic rings. The van der Waals surface area contributed by atoms with E-state index in [0.29, 0.717) is 11.4 Å². The third-order valence-corrected chi connectivity index (χ3v) is 3.56. The van der Waals surface area contributed by atoms with Gasteiger partial charge >= 0.3 is 0 Å². The van der Waals surface area contributed by atoms with Crippen molar-refractivity contribution in [3.8, 4) is 0 Å². The zero-order valence-electron chi connectivity index (χ0n) is 10.9. The number of nitrogens with zero attached hydrogens (tertiary/aromatic N) is 1. The van der Waals surface area contributed by atoms with Gasteiger partial charge in [-0.25, -0.2) is 4.98 Å². The van der Waals surface area contributed by atoms with Crippen LogP contribution < -0.4 is 5.32 Å². The van der Waals surface area contributed by atoms with Crippen LogP contribution in [0.1, 0.15) is 33.6 Å². The lowest BCUT2D eigenvalue weighted by molar-refractivity contribution is 0.102. The summed E-state index contributed by atoms with van der Waals surface area (Å²) >= 11 is 0. The van der Waals surface area contributed by atoms with E-state index in [-0.39, 0.29) is 5.91 Å². The number of hydrogen-bond acceptors (Lipinski definition) is 2. The number of hydrogen-bond donors (Lipinski definition) is 1. The summed E-state index contributed by atoms with van der Waals surface area (Å²) in [6.07, 6.45) is 3.29. The van der Waals surface area contributed by atoms with Gasteiger partial charge in [-0.2, -0.15) is 0 Å². The first kappa shape index (κ1) is 11.9. The zero-order valence-corrected chi connectivity index (χ0v) is 10.9. The molecule has 0 fully saturated rings. The summed E-state index contributed by atoms with van der Waals surface area (Å²) in [4.78, 5) is 16.7. The molecular formula is C16H16N2O. The first-order chi connectivity index (χ1) is 9.24. The first-order valence-electron chi connectivity index (χ1n) is 6.60. The van der Waals surface area contributed by atoms with E-state index in [4.69, 9.17) is 0 Å². The van der Waals surface area contributed by atoms with E-state index in [0.717, 1.165) is 30.5 Å². The highest BCUT2D eigenvalue weighted by molar-refractivity contribution is 6.04. The van der Waals surface area contributed by atoms with Gasteiger partial charge in [0.05, 0.1) is 0 Å². The van der Waals surface area contributed by atoms with Gasteiger partial charge in [-0.1, -0.05) is 24.3 Å². The number of anilines is 1. The van der Waals surface area contributed by atoms with Crippen LogP contribution in [0.4, 0.5) is 5.82 Å². The van der Waals surface area contributed by atoms with Crippen LogP contribution in [0.3, 0.4) is 0 Å². The van der Waals surface area contributed by atoms with Crippen LogP contribution in [0.15, 0.2) is 36.4 Å². The second kappa shape index (κ2) is 4.84. The van der Waals surface area contributed by atoms with Gasteiger partial charge in [0, 0.05) is 11.3 Å². The fraction of sp³-hybridized carbons (Fsp3) is 0.250. The Morgan fingerprint density at radius 2 is 2.00 bits per heavy atom. The number of aromatic nitrogens is 1. The molecule has 3 heteroatoms. The van der Waals surface area contributed by atoms with Crippen molar-refractivity contribution < 1.29 is 4.79 Å². The molecule has 0 saturated carbocycles. The Hall–Kier alpha value is -2.16. The average molecular weight is 252 g/mol. The van der Waals surface area contributed by atoms with Gasteiger partial charge in [-0.05, 0) is 49.4 Å². The Morgan fingerprint density at radius 3 is 2.84 bits per heavy atom. The van der Waals surface area contributed by atoms with E-state index < -0.39 is 0 Å². The molecule has 3 rings (SSSR count). The molecule has 1 amide bonds. The summed E-state index contributed by atoms with van der Waals surface area (Å²) < 4.78 is 0. The molecule has 0 atom stereocenters. The van der Waals surface area contributed by atoms with Crippen LogP contribution in [-0.4, -0.2) is 10.9 Å². The fourth-order valence-electron chi connectivity index (χ4n) is 2.50. The van der Waals surface area contributed by atoms with Crippen LogP contribution in [0.5, 0.6) is 0 Å². The quantitative estimate of drug-likeness (QED) is 0.892. The minimum atomic E-state index is -0.0939. The molecule has 96 valence electrons. The van der Waals surface area contributed by atoms with Crippen molar-refractivity contribution in [3.63, 3.8) is 0 Å². The number of carbonyl (C=O) groups is 1. The van der Waals surface area contributed by atoms with E-state index in [1.807, 2.05) is 37.3 Å². The van der Waals surface area contributed by atoms with Crippen molar-refractivity contribution in [1.82, 2.24) is 4.98 Å². The normalized spacial score (nSPS) is 13.1. The fourth-order valence-corrected chi connectivity index (χ4v) is 2.50. The Kier molecular flexibility index (Phi) is 3.03. The van der Waals surface area contributed by atoms with Crippen molar-refractivity contribution in [1.29, 1.82) is 0 Å². The summed E-state index contributed by atoms with van der Waals surface area (Å²) in [6, 6.07) is 11.5. The molecule has 1 heterocycles. The highest BCUT2D eigenvalue weighted by Gasteiger charge is 2.14. The second-order valence-electron chi connectivity index (χ2n) is 4.92. The summed E-state index contributed by atoms with van der Waals surface area (Å²) in [6.45, 7) is 1.94. The molecule has 0 radical (unpaired) electrons. The molecule has 0 bridgehead atoms. The van der Waals surface area contributed by atoms with Gasteiger partial charge in [-0.15, -0.1) is 0 Å². The van der Waals surface area contributed by atoms with Crippen molar-refractivity contribution in [3.05, 3.63) is 58.8 Å². The number of amides is 1. The summed E-state index contributed by atoms with van der Waals surface area (Å²) in [5.41, 5.74) is 4.11. The summed E-state index contributed by atoms with van der Waals surface area (Å²) in [7, 11) is 0. The molecule has 3 nitrogen and oxygen atoms in total. The Labute approximate surface area is 112 Å². The van der Waals surface area contributed by atoms with Crippen molar-refractivity contribution in [2.45, 2.75) is 26.2 Å². The predicted molar refractivity (Wildman–Crippen MR) is 75.4 cm³/mol. The maximum absolute atomic E-state index is 12.2. The topological polar surface area (TPSA) is 42.0 Å². The van der Waals surface area contributed by atoms with Gasteiger partial charge in [0.15, 0.2) is 0 Å². The molecule has 19 heavy (non-hydrogen) atoms. The average Bonchev–Trinajstić information content (AvgIpc) is 2.86. The minimum Gasteiger partial charge on any atom is -0.307 e. The summed E-state index contributed by atoms with van der Waals surface area (Å²) in [5.74, 6) is 0.553. The smallest absolute Gasteiger partial charge is 0.257 e. The Balaban J connectivity index is 1.82. The van der Waals surface area contributed by atoms with Gasteiger partial charge in [0.2, 0.25) is 0 Å². The highest BCUT2D eigenvalue weighted by atomic mass is 16.1. The standard InChI is InChI=1S/C16H16N2O/c1-11-5-2-3-7-13(11)16(19)18-15-10-9-12-6-4-8-14(12)17-15/h2-3,5,7,9-10H,4,6,8H2,1H3,(H,17,18,19). The number of rotatable bonds is 2. The zero-order chi connectivity index (χ0) is 13.2. The van der Waals surface area contributed by atoms with Gasteiger partial charge in [0.25, 0.3) is 5.91 Å². The van der Waals surface area contributed by atoms with Crippen LogP contribution >= 0.6 is 0 Å². The minimum absolute atomic E-state index is 0.0939. The molecule has 0 aliphatic heterocycles. The van der Waals surface area contributed by atoms with Crippen molar-refractivity contribution >= 4 is 11.7 Å². The third kappa shape index (κ3) is 2.36. The number of pyridine rings is 1. The first-order valence-corrected chi connectivity index (χ1v) is 6.60. The maximum atomic E-state index is 12.2. The molecular weight excluding hydrogens is 236 g/mol. The number of aryl methyl sites for hydroxylation is 3. The van der Waals surface area contributed by atoms with E-state index in [9.17, 15) is 4.79 Å². The molecule has 1 N–H and O–H groups in total. The molecule has 0 spiro atoms. The molecule has 1 aromatic carbocycles. The number of carbonyl (C=O) groups excluding carboxylic acids is 1. The number of fused-ring (bicyclic) bond motifs is 1. The van der Waals surface area contributed by atoms with Gasteiger partial charge in [0.1, 0.15) is 5.82 Å². The Bertz CT molecular complexity index is 634. The lowest BCUT2D eigenvalue weighted by atomic mass is 10.1. The van der Waals surface area contributed by atoms with Gasteiger partial charge in [-0.3, -0.25) is 4.79 Å². The van der Waals surface area contributed by atoms with Crippen LogP contribution in [-0.2, 0) is 12.8 Å². The lowest BCUT2D eigenvalue weighted by Gasteiger charge is -2.08. The van der Waals surface area contributed by atoms with Crippen molar-refractivity contribution in [2.24, 2.45) is 0 Å². The number of nitrogens with one attached hydrogen (secondary N) is 1. The van der Waals surface area contributed by atoms with Crippen LogP contribution in [0, 0.1) is 6.92 Å². The molecule has 0 unspecified atom stereocenters. The van der Waals surface area contributed by atoms with E-state index >= 15 is 0 Å². The lowest BCUT2D eigenvalue weighted by Crippen LogP contribution is -2.14. The monoisotopic (exact) mass is 252 g/mol. The van der Waals surface area contributed by atoms with E-state index in [2.05, 4.69) is 16.4 Å². The predicted octanol–water partition coefficient (Wildman–Crippen LogP) is 3.13. The Morgan fingerprint density at radius 1 is 1.16 bits per heavy atom. The molecule has 2 aromatic rings. The molecule has 0 saturated heterocycles. The van der Waals surface area contributed by atoms with E-state index in [1.165, 1.54) is 5.56 Å². The third-order valence-electron chi connectivity index (χ3n) is 3.56. The highest BCUT2D eigenvalue weighted by Crippen LogP contribution is 2.22. The number of benzene rings is 1. The summed E-state index contributed by atoms with van der Waals surface area (Å²) in [5, 5.41) is 2.88. The van der Waals surface area contributed by atoms with Crippen LogP contribution in [0.2, 0.25) is 0 Å². The largest absolute Gasteiger partial charge is 0.307 e. The SMILES string of the molecule is Cc1ccccc1C(=O)Nc1ccc2c(n1)CCC2. The van der Waals surface area contributed by atoms with E-state index in [1.54, 1.807) is 0 Å². The van der Waals surface area contributed by atoms with Gasteiger partial charge < -0.3 is 5.32 Å². The second-order valence-corrected chi connectivity index (χ2v) is 4.92. The molecule has 1 aliphatic carbocycles.